The van der Waals surface area contributed by atoms with Crippen molar-refractivity contribution in [1.82, 2.24) is 0 Å². The first-order chi connectivity index (χ1) is 13.5. The molecule has 0 unspecified atom stereocenters. The van der Waals surface area contributed by atoms with Crippen LogP contribution in [0, 0.1) is 12.7 Å². The molecule has 1 amide bonds. The number of hydrogen-bond acceptors (Lipinski definition) is 4. The van der Waals surface area contributed by atoms with Gasteiger partial charge in [-0.05, 0) is 37.1 Å². The number of halogens is 1. The smallest absolute Gasteiger partial charge is 0.341 e. The van der Waals surface area contributed by atoms with E-state index in [2.05, 4.69) is 5.32 Å². The summed E-state index contributed by atoms with van der Waals surface area (Å²) < 4.78 is 18.3. The maximum Gasteiger partial charge on any atom is 0.341 e. The fraction of sp³-hybridized carbons (Fsp3) is 0.182. The Balaban J connectivity index is 1.92. The molecule has 0 saturated carbocycles. The lowest BCUT2D eigenvalue weighted by molar-refractivity contribution is -0.115. The van der Waals surface area contributed by atoms with Gasteiger partial charge in [0.25, 0.3) is 0 Å². The summed E-state index contributed by atoms with van der Waals surface area (Å²) in [6.45, 7) is 3.89. The number of carbonyl (C=O) groups excluding carboxylic acids is 2. The van der Waals surface area contributed by atoms with E-state index in [0.29, 0.717) is 16.1 Å². The van der Waals surface area contributed by atoms with Gasteiger partial charge in [-0.2, -0.15) is 0 Å². The molecule has 0 aliphatic rings. The van der Waals surface area contributed by atoms with Gasteiger partial charge in [0.1, 0.15) is 16.4 Å². The van der Waals surface area contributed by atoms with E-state index < -0.39 is 5.97 Å². The van der Waals surface area contributed by atoms with Crippen LogP contribution in [-0.4, -0.2) is 18.5 Å². The van der Waals surface area contributed by atoms with Gasteiger partial charge >= 0.3 is 5.97 Å². The molecule has 3 aromatic rings. The Morgan fingerprint density at radius 3 is 2.39 bits per heavy atom. The highest BCUT2D eigenvalue weighted by molar-refractivity contribution is 7.17. The van der Waals surface area contributed by atoms with Crippen LogP contribution in [0.25, 0.3) is 11.1 Å². The minimum absolute atomic E-state index is 0.0835. The highest BCUT2D eigenvalue weighted by atomic mass is 32.1. The molecule has 3 rings (SSSR count). The number of anilines is 1. The lowest BCUT2D eigenvalue weighted by Crippen LogP contribution is -2.16. The molecule has 0 fully saturated rings. The van der Waals surface area contributed by atoms with Gasteiger partial charge in [-0.1, -0.05) is 42.5 Å². The van der Waals surface area contributed by atoms with E-state index in [1.807, 2.05) is 37.3 Å². The van der Waals surface area contributed by atoms with Gasteiger partial charge < -0.3 is 10.1 Å². The summed E-state index contributed by atoms with van der Waals surface area (Å²) in [5, 5.41) is 3.29. The molecule has 0 spiro atoms. The van der Waals surface area contributed by atoms with E-state index in [1.54, 1.807) is 19.1 Å². The molecular weight excluding hydrogens is 377 g/mol. The van der Waals surface area contributed by atoms with Crippen molar-refractivity contribution in [2.24, 2.45) is 0 Å². The fourth-order valence-electron chi connectivity index (χ4n) is 2.94. The van der Waals surface area contributed by atoms with Crippen LogP contribution in [0.3, 0.4) is 0 Å². The van der Waals surface area contributed by atoms with Crippen molar-refractivity contribution in [3.05, 3.63) is 76.4 Å². The molecule has 0 aliphatic carbocycles. The van der Waals surface area contributed by atoms with Crippen molar-refractivity contribution in [3.63, 3.8) is 0 Å². The number of thiophene rings is 1. The molecule has 2 aromatic carbocycles. The zero-order chi connectivity index (χ0) is 20.1. The summed E-state index contributed by atoms with van der Waals surface area (Å²) in [6, 6.07) is 15.3. The largest absolute Gasteiger partial charge is 0.462 e. The molecule has 1 N–H and O–H groups in total. The number of aryl methyl sites for hydroxylation is 1. The SMILES string of the molecule is CCOC(=O)c1c(NC(=O)Cc2ccc(F)cc2)sc(C)c1-c1ccccc1. The van der Waals surface area contributed by atoms with Crippen LogP contribution in [0.1, 0.15) is 27.7 Å². The molecule has 0 saturated heterocycles. The summed E-state index contributed by atoms with van der Waals surface area (Å²) in [5.41, 5.74) is 2.70. The van der Waals surface area contributed by atoms with Gasteiger partial charge in [-0.3, -0.25) is 4.79 Å². The summed E-state index contributed by atoms with van der Waals surface area (Å²) in [5.74, 6) is -1.10. The number of amides is 1. The molecule has 28 heavy (non-hydrogen) atoms. The molecule has 0 radical (unpaired) electrons. The van der Waals surface area contributed by atoms with E-state index in [0.717, 1.165) is 16.0 Å². The quantitative estimate of drug-likeness (QED) is 0.580. The molecule has 0 bridgehead atoms. The highest BCUT2D eigenvalue weighted by Gasteiger charge is 2.25. The maximum absolute atomic E-state index is 13.0. The van der Waals surface area contributed by atoms with Crippen LogP contribution in [0.5, 0.6) is 0 Å². The summed E-state index contributed by atoms with van der Waals surface area (Å²) in [6.07, 6.45) is 0.0835. The van der Waals surface area contributed by atoms with Gasteiger partial charge in [0.2, 0.25) is 5.91 Å². The van der Waals surface area contributed by atoms with E-state index in [4.69, 9.17) is 4.74 Å². The van der Waals surface area contributed by atoms with Gasteiger partial charge in [-0.15, -0.1) is 11.3 Å². The predicted octanol–water partition coefficient (Wildman–Crippen LogP) is 5.22. The molecule has 6 heteroatoms. The Hall–Kier alpha value is -2.99. The maximum atomic E-state index is 13.0. The predicted molar refractivity (Wildman–Crippen MR) is 109 cm³/mol. The minimum atomic E-state index is -0.470. The number of rotatable bonds is 6. The van der Waals surface area contributed by atoms with E-state index in [1.165, 1.54) is 23.5 Å². The van der Waals surface area contributed by atoms with Crippen LogP contribution in [0.2, 0.25) is 0 Å². The number of nitrogens with one attached hydrogen (secondary N) is 1. The van der Waals surface area contributed by atoms with Gasteiger partial charge in [0.05, 0.1) is 13.0 Å². The van der Waals surface area contributed by atoms with E-state index in [-0.39, 0.29) is 24.8 Å². The molecule has 4 nitrogen and oxygen atoms in total. The monoisotopic (exact) mass is 397 g/mol. The number of benzene rings is 2. The Morgan fingerprint density at radius 2 is 1.75 bits per heavy atom. The fourth-order valence-corrected chi connectivity index (χ4v) is 4.02. The second kappa shape index (κ2) is 8.80. The third kappa shape index (κ3) is 4.46. The molecule has 1 heterocycles. The van der Waals surface area contributed by atoms with Crippen LogP contribution in [0.4, 0.5) is 9.39 Å². The third-order valence-corrected chi connectivity index (χ3v) is 5.18. The second-order valence-electron chi connectivity index (χ2n) is 6.18. The molecule has 1 aromatic heterocycles. The van der Waals surface area contributed by atoms with Crippen molar-refractivity contribution in [3.8, 4) is 11.1 Å². The molecular formula is C22H20FNO3S. The van der Waals surface area contributed by atoms with Crippen LogP contribution >= 0.6 is 11.3 Å². The molecule has 144 valence electrons. The van der Waals surface area contributed by atoms with Gasteiger partial charge in [-0.25, -0.2) is 9.18 Å². The normalized spacial score (nSPS) is 10.5. The Kier molecular flexibility index (Phi) is 6.21. The zero-order valence-corrected chi connectivity index (χ0v) is 16.4. The lowest BCUT2D eigenvalue weighted by atomic mass is 10.0. The van der Waals surface area contributed by atoms with Gasteiger partial charge in [0.15, 0.2) is 0 Å². The number of carbonyl (C=O) groups is 2. The number of hydrogen-bond donors (Lipinski definition) is 1. The zero-order valence-electron chi connectivity index (χ0n) is 15.6. The number of ether oxygens (including phenoxy) is 1. The van der Waals surface area contributed by atoms with Crippen LogP contribution in [0.15, 0.2) is 54.6 Å². The average Bonchev–Trinajstić information content (AvgIpc) is 3.00. The van der Waals surface area contributed by atoms with Crippen LogP contribution in [-0.2, 0) is 16.0 Å². The standard InChI is InChI=1S/C22H20FNO3S/c1-3-27-22(26)20-19(16-7-5-4-6-8-16)14(2)28-21(20)24-18(25)13-15-9-11-17(23)12-10-15/h4-12H,3,13H2,1-2H3,(H,24,25). The van der Waals surface area contributed by atoms with Crippen LogP contribution < -0.4 is 5.32 Å². The summed E-state index contributed by atoms with van der Waals surface area (Å²) >= 11 is 1.34. The van der Waals surface area contributed by atoms with Crippen molar-refractivity contribution >= 4 is 28.2 Å². The third-order valence-electron chi connectivity index (χ3n) is 4.16. The number of esters is 1. The minimum Gasteiger partial charge on any atom is -0.462 e. The summed E-state index contributed by atoms with van der Waals surface area (Å²) in [7, 11) is 0. The second-order valence-corrected chi connectivity index (χ2v) is 7.40. The molecule has 0 atom stereocenters. The topological polar surface area (TPSA) is 55.4 Å². The van der Waals surface area contributed by atoms with E-state index in [9.17, 15) is 14.0 Å². The van der Waals surface area contributed by atoms with E-state index >= 15 is 0 Å². The Bertz CT molecular complexity index is 981. The van der Waals surface area contributed by atoms with Crippen molar-refractivity contribution in [2.45, 2.75) is 20.3 Å². The van der Waals surface area contributed by atoms with Crippen molar-refractivity contribution in [2.75, 3.05) is 11.9 Å². The first kappa shape index (κ1) is 19.8. The van der Waals surface area contributed by atoms with Gasteiger partial charge in [0, 0.05) is 10.4 Å². The Labute approximate surface area is 167 Å². The first-order valence-corrected chi connectivity index (χ1v) is 9.71. The lowest BCUT2D eigenvalue weighted by Gasteiger charge is -2.09. The van der Waals surface area contributed by atoms with Crippen molar-refractivity contribution < 1.29 is 18.7 Å². The Morgan fingerprint density at radius 1 is 1.07 bits per heavy atom. The first-order valence-electron chi connectivity index (χ1n) is 8.89. The highest BCUT2D eigenvalue weighted by Crippen LogP contribution is 2.40. The summed E-state index contributed by atoms with van der Waals surface area (Å²) in [4.78, 5) is 26.1. The average molecular weight is 397 g/mol. The molecule has 0 aliphatic heterocycles. The van der Waals surface area contributed by atoms with Crippen molar-refractivity contribution in [1.29, 1.82) is 0 Å².